The van der Waals surface area contributed by atoms with E-state index in [1.165, 1.54) is 0 Å². The Balaban J connectivity index is 2.66. The molecule has 0 aliphatic carbocycles. The van der Waals surface area contributed by atoms with Crippen molar-refractivity contribution in [1.82, 2.24) is 4.90 Å². The Kier molecular flexibility index (Phi) is 4.55. The molecular formula is C13H25NO3. The maximum Gasteiger partial charge on any atom is 0.323 e. The molecule has 3 atom stereocenters. The number of carbonyl (C=O) groups excluding carboxylic acids is 1. The third kappa shape index (κ3) is 3.96. The third-order valence-electron chi connectivity index (χ3n) is 3.19. The van der Waals surface area contributed by atoms with E-state index in [9.17, 15) is 9.90 Å². The lowest BCUT2D eigenvalue weighted by molar-refractivity contribution is -0.161. The highest BCUT2D eigenvalue weighted by Crippen LogP contribution is 2.24. The van der Waals surface area contributed by atoms with Crippen LogP contribution in [0, 0.1) is 0 Å². The van der Waals surface area contributed by atoms with Gasteiger partial charge in [-0.2, -0.15) is 0 Å². The van der Waals surface area contributed by atoms with Crippen LogP contribution in [0.5, 0.6) is 0 Å². The van der Waals surface area contributed by atoms with Crippen molar-refractivity contribution in [2.24, 2.45) is 0 Å². The molecule has 0 bridgehead atoms. The summed E-state index contributed by atoms with van der Waals surface area (Å²) in [4.78, 5) is 14.1. The molecule has 0 saturated carbocycles. The fraction of sp³-hybridized carbons (Fsp3) is 0.923. The van der Waals surface area contributed by atoms with Crippen LogP contribution in [0.2, 0.25) is 0 Å². The Morgan fingerprint density at radius 1 is 1.41 bits per heavy atom. The van der Waals surface area contributed by atoms with Gasteiger partial charge in [0.15, 0.2) is 0 Å². The Bertz CT molecular complexity index is 270. The van der Waals surface area contributed by atoms with Crippen molar-refractivity contribution in [3.8, 4) is 0 Å². The van der Waals surface area contributed by atoms with E-state index in [1.54, 1.807) is 6.92 Å². The fourth-order valence-corrected chi connectivity index (χ4v) is 2.18. The Morgan fingerprint density at radius 3 is 2.47 bits per heavy atom. The van der Waals surface area contributed by atoms with Crippen LogP contribution in [0.25, 0.3) is 0 Å². The first-order chi connectivity index (χ1) is 7.72. The van der Waals surface area contributed by atoms with Gasteiger partial charge in [0.25, 0.3) is 0 Å². The number of ether oxygens (including phenoxy) is 1. The number of aliphatic hydroxyl groups is 1. The van der Waals surface area contributed by atoms with Crippen molar-refractivity contribution in [2.45, 2.75) is 71.2 Å². The summed E-state index contributed by atoms with van der Waals surface area (Å²) in [5.41, 5.74) is -0.445. The van der Waals surface area contributed by atoms with Crippen molar-refractivity contribution in [3.05, 3.63) is 0 Å². The van der Waals surface area contributed by atoms with Crippen LogP contribution in [0.4, 0.5) is 0 Å². The molecule has 1 N–H and O–H groups in total. The average Bonchev–Trinajstić information content (AvgIpc) is 2.61. The van der Waals surface area contributed by atoms with Crippen LogP contribution in [0.3, 0.4) is 0 Å². The smallest absolute Gasteiger partial charge is 0.323 e. The summed E-state index contributed by atoms with van der Waals surface area (Å²) in [7, 11) is 0. The average molecular weight is 243 g/mol. The first-order valence-corrected chi connectivity index (χ1v) is 6.39. The van der Waals surface area contributed by atoms with Gasteiger partial charge in [-0.3, -0.25) is 9.69 Å². The summed E-state index contributed by atoms with van der Waals surface area (Å²) >= 11 is 0. The molecule has 1 aliphatic heterocycles. The van der Waals surface area contributed by atoms with Gasteiger partial charge in [0.2, 0.25) is 0 Å². The van der Waals surface area contributed by atoms with Gasteiger partial charge < -0.3 is 9.84 Å². The second-order valence-electron chi connectivity index (χ2n) is 5.91. The summed E-state index contributed by atoms with van der Waals surface area (Å²) in [5.74, 6) is -0.164. The summed E-state index contributed by atoms with van der Waals surface area (Å²) in [6, 6.07) is -0.200. The molecule has 4 nitrogen and oxygen atoms in total. The van der Waals surface area contributed by atoms with E-state index < -0.39 is 11.7 Å². The maximum absolute atomic E-state index is 12.1. The predicted octanol–water partition coefficient (Wildman–Crippen LogP) is 1.56. The second kappa shape index (κ2) is 5.36. The highest BCUT2D eigenvalue weighted by molar-refractivity contribution is 5.76. The molecule has 4 heteroatoms. The molecule has 1 rings (SSSR count). The largest absolute Gasteiger partial charge is 0.459 e. The molecule has 0 radical (unpaired) electrons. The van der Waals surface area contributed by atoms with E-state index in [0.717, 1.165) is 19.4 Å². The topological polar surface area (TPSA) is 49.8 Å². The van der Waals surface area contributed by atoms with Crippen molar-refractivity contribution < 1.29 is 14.6 Å². The SMILES string of the molecule is CC(O)C(C)N1CCC[C@@H]1C(=O)OC(C)(C)C. The Morgan fingerprint density at radius 2 is 2.00 bits per heavy atom. The van der Waals surface area contributed by atoms with Crippen LogP contribution in [0.1, 0.15) is 47.5 Å². The number of esters is 1. The van der Waals surface area contributed by atoms with E-state index in [1.807, 2.05) is 27.7 Å². The van der Waals surface area contributed by atoms with E-state index in [4.69, 9.17) is 4.74 Å². The zero-order chi connectivity index (χ0) is 13.2. The number of carbonyl (C=O) groups is 1. The third-order valence-corrected chi connectivity index (χ3v) is 3.19. The standard InChI is InChI=1S/C13H25NO3/c1-9(10(2)15)14-8-6-7-11(14)12(16)17-13(3,4)5/h9-11,15H,6-8H2,1-5H3/t9?,10?,11-/m1/s1. The van der Waals surface area contributed by atoms with Gasteiger partial charge in [0, 0.05) is 6.04 Å². The lowest BCUT2D eigenvalue weighted by atomic mass is 10.1. The number of aliphatic hydroxyl groups excluding tert-OH is 1. The lowest BCUT2D eigenvalue weighted by Gasteiger charge is -2.32. The number of likely N-dealkylation sites (tertiary alicyclic amines) is 1. The van der Waals surface area contributed by atoms with Crippen LogP contribution in [-0.2, 0) is 9.53 Å². The fourth-order valence-electron chi connectivity index (χ4n) is 2.18. The normalized spacial score (nSPS) is 25.6. The molecule has 1 saturated heterocycles. The van der Waals surface area contributed by atoms with Crippen molar-refractivity contribution >= 4 is 5.97 Å². The van der Waals surface area contributed by atoms with Crippen LogP contribution < -0.4 is 0 Å². The summed E-state index contributed by atoms with van der Waals surface area (Å²) in [6.45, 7) is 10.2. The van der Waals surface area contributed by atoms with E-state index in [0.29, 0.717) is 0 Å². The molecule has 1 aliphatic rings. The number of nitrogens with zero attached hydrogens (tertiary/aromatic N) is 1. The molecule has 0 aromatic heterocycles. The van der Waals surface area contributed by atoms with Crippen LogP contribution in [-0.4, -0.2) is 46.3 Å². The molecule has 2 unspecified atom stereocenters. The Labute approximate surface area is 104 Å². The number of hydrogen-bond donors (Lipinski definition) is 1. The van der Waals surface area contributed by atoms with Gasteiger partial charge in [-0.25, -0.2) is 0 Å². The van der Waals surface area contributed by atoms with Crippen LogP contribution in [0.15, 0.2) is 0 Å². The molecule has 17 heavy (non-hydrogen) atoms. The van der Waals surface area contributed by atoms with E-state index in [2.05, 4.69) is 4.90 Å². The summed E-state index contributed by atoms with van der Waals surface area (Å²) in [6.07, 6.45) is 1.38. The molecule has 1 fully saturated rings. The summed E-state index contributed by atoms with van der Waals surface area (Å²) in [5, 5.41) is 9.62. The van der Waals surface area contributed by atoms with E-state index >= 15 is 0 Å². The monoisotopic (exact) mass is 243 g/mol. The van der Waals surface area contributed by atoms with Crippen LogP contribution >= 0.6 is 0 Å². The van der Waals surface area contributed by atoms with Crippen molar-refractivity contribution in [2.75, 3.05) is 6.54 Å². The zero-order valence-corrected chi connectivity index (χ0v) is 11.6. The molecule has 0 aromatic rings. The Hall–Kier alpha value is -0.610. The van der Waals surface area contributed by atoms with Gasteiger partial charge in [-0.05, 0) is 54.0 Å². The minimum absolute atomic E-state index is 0.00461. The minimum Gasteiger partial charge on any atom is -0.459 e. The molecule has 100 valence electrons. The highest BCUT2D eigenvalue weighted by Gasteiger charge is 2.37. The van der Waals surface area contributed by atoms with Gasteiger partial charge in [0.05, 0.1) is 6.10 Å². The molecule has 0 amide bonds. The van der Waals surface area contributed by atoms with E-state index in [-0.39, 0.29) is 18.1 Å². The first-order valence-electron chi connectivity index (χ1n) is 6.39. The quantitative estimate of drug-likeness (QED) is 0.764. The number of rotatable bonds is 3. The predicted molar refractivity (Wildman–Crippen MR) is 66.7 cm³/mol. The van der Waals surface area contributed by atoms with Gasteiger partial charge in [0.1, 0.15) is 11.6 Å². The lowest BCUT2D eigenvalue weighted by Crippen LogP contribution is -2.48. The summed E-state index contributed by atoms with van der Waals surface area (Å²) < 4.78 is 5.42. The first kappa shape index (κ1) is 14.5. The zero-order valence-electron chi connectivity index (χ0n) is 11.6. The van der Waals surface area contributed by atoms with Crippen molar-refractivity contribution in [1.29, 1.82) is 0 Å². The van der Waals surface area contributed by atoms with Gasteiger partial charge >= 0.3 is 5.97 Å². The maximum atomic E-state index is 12.1. The molecule has 1 heterocycles. The molecular weight excluding hydrogens is 218 g/mol. The minimum atomic E-state index is -0.445. The molecule has 0 aromatic carbocycles. The highest BCUT2D eigenvalue weighted by atomic mass is 16.6. The van der Waals surface area contributed by atoms with Gasteiger partial charge in [-0.15, -0.1) is 0 Å². The van der Waals surface area contributed by atoms with Crippen molar-refractivity contribution in [3.63, 3.8) is 0 Å². The van der Waals surface area contributed by atoms with Gasteiger partial charge in [-0.1, -0.05) is 0 Å². The second-order valence-corrected chi connectivity index (χ2v) is 5.91. The number of hydrogen-bond acceptors (Lipinski definition) is 4. The molecule has 0 spiro atoms.